The first-order valence-electron chi connectivity index (χ1n) is 14.8. The molecule has 1 N–H and O–H groups in total. The van der Waals surface area contributed by atoms with Gasteiger partial charge in [-0.3, -0.25) is 24.1 Å². The zero-order valence-corrected chi connectivity index (χ0v) is 27.9. The van der Waals surface area contributed by atoms with E-state index < -0.39 is 57.0 Å². The molecule has 6 atom stereocenters. The number of hydrogen-bond acceptors (Lipinski definition) is 6. The highest BCUT2D eigenvalue weighted by atomic mass is 79.9. The van der Waals surface area contributed by atoms with Crippen LogP contribution in [0.4, 0.5) is 15.8 Å². The number of aromatic hydroxyl groups is 1. The Morgan fingerprint density at radius 3 is 2.23 bits per heavy atom. The second-order valence-corrected chi connectivity index (χ2v) is 14.2. The van der Waals surface area contributed by atoms with Gasteiger partial charge in [-0.2, -0.15) is 0 Å². The van der Waals surface area contributed by atoms with Gasteiger partial charge in [0.05, 0.1) is 34.8 Å². The van der Waals surface area contributed by atoms with Crippen LogP contribution in [-0.2, 0) is 19.2 Å². The van der Waals surface area contributed by atoms with E-state index in [1.165, 1.54) is 30.2 Å². The van der Waals surface area contributed by atoms with Crippen molar-refractivity contribution in [3.8, 4) is 11.5 Å². The van der Waals surface area contributed by atoms with Crippen molar-refractivity contribution in [2.45, 2.75) is 28.5 Å². The van der Waals surface area contributed by atoms with Gasteiger partial charge in [-0.1, -0.05) is 36.4 Å². The number of halogens is 4. The van der Waals surface area contributed by atoms with E-state index in [9.17, 15) is 28.7 Å². The van der Waals surface area contributed by atoms with Crippen LogP contribution in [0, 0.1) is 23.6 Å². The quantitative estimate of drug-likeness (QED) is 0.177. The van der Waals surface area contributed by atoms with Crippen LogP contribution >= 0.6 is 39.1 Å². The van der Waals surface area contributed by atoms with Gasteiger partial charge in [0.25, 0.3) is 11.8 Å². The van der Waals surface area contributed by atoms with E-state index in [4.69, 9.17) is 27.9 Å². The van der Waals surface area contributed by atoms with Crippen molar-refractivity contribution in [3.05, 3.63) is 100 Å². The van der Waals surface area contributed by atoms with E-state index in [1.807, 2.05) is 6.08 Å². The molecule has 8 nitrogen and oxygen atoms in total. The average Bonchev–Trinajstić information content (AvgIpc) is 3.40. The van der Waals surface area contributed by atoms with Gasteiger partial charge in [-0.15, -0.1) is 23.2 Å². The van der Waals surface area contributed by atoms with Gasteiger partial charge in [0.2, 0.25) is 11.8 Å². The molecule has 2 saturated heterocycles. The van der Waals surface area contributed by atoms with E-state index in [2.05, 4.69) is 22.5 Å². The molecule has 0 spiro atoms. The second-order valence-electron chi connectivity index (χ2n) is 12.1. The van der Waals surface area contributed by atoms with Crippen LogP contribution in [0.5, 0.6) is 11.5 Å². The molecule has 3 fully saturated rings. The number of allylic oxidation sites excluding steroid dienone is 2. The van der Waals surface area contributed by atoms with Gasteiger partial charge in [-0.25, -0.2) is 9.29 Å². The predicted octanol–water partition coefficient (Wildman–Crippen LogP) is 6.71. The third-order valence-corrected chi connectivity index (χ3v) is 11.9. The number of imide groups is 2. The number of anilines is 2. The van der Waals surface area contributed by atoms with Gasteiger partial charge in [0.1, 0.15) is 5.82 Å². The molecule has 4 amide bonds. The van der Waals surface area contributed by atoms with E-state index in [-0.39, 0.29) is 40.4 Å². The fourth-order valence-electron chi connectivity index (χ4n) is 7.70. The highest BCUT2D eigenvalue weighted by Gasteiger charge is 2.76. The first kappa shape index (κ1) is 31.6. The topological polar surface area (TPSA) is 104 Å². The molecule has 3 aromatic carbocycles. The van der Waals surface area contributed by atoms with Crippen LogP contribution in [0.2, 0.25) is 0 Å². The smallest absolute Gasteiger partial charge is 0.258 e. The highest BCUT2D eigenvalue weighted by molar-refractivity contribution is 9.10. The molecule has 7 rings (SSSR count). The lowest BCUT2D eigenvalue weighted by molar-refractivity contribution is -0.125. The normalized spacial score (nSPS) is 29.8. The molecule has 1 saturated carbocycles. The summed E-state index contributed by atoms with van der Waals surface area (Å²) in [7, 11) is 1.36. The van der Waals surface area contributed by atoms with E-state index in [1.54, 1.807) is 36.4 Å². The molecular formula is C35H26BrCl2FN2O6. The summed E-state index contributed by atoms with van der Waals surface area (Å²) in [5.41, 5.74) is 2.26. The highest BCUT2D eigenvalue weighted by Crippen LogP contribution is 2.66. The monoisotopic (exact) mass is 738 g/mol. The van der Waals surface area contributed by atoms with Gasteiger partial charge >= 0.3 is 0 Å². The van der Waals surface area contributed by atoms with Crippen molar-refractivity contribution in [1.82, 2.24) is 0 Å². The molecule has 0 bridgehead atoms. The third kappa shape index (κ3) is 4.30. The predicted molar refractivity (Wildman–Crippen MR) is 178 cm³/mol. The number of hydrogen-bond donors (Lipinski definition) is 1. The molecule has 47 heavy (non-hydrogen) atoms. The molecule has 4 aliphatic rings. The maximum atomic E-state index is 14.5. The van der Waals surface area contributed by atoms with Crippen LogP contribution in [0.15, 0.2) is 83.4 Å². The maximum absolute atomic E-state index is 14.5. The van der Waals surface area contributed by atoms with Crippen molar-refractivity contribution in [1.29, 1.82) is 0 Å². The molecule has 0 aromatic heterocycles. The Morgan fingerprint density at radius 1 is 0.957 bits per heavy atom. The summed E-state index contributed by atoms with van der Waals surface area (Å²) in [5, 5.41) is 10.6. The van der Waals surface area contributed by atoms with Crippen molar-refractivity contribution in [3.63, 3.8) is 0 Å². The van der Waals surface area contributed by atoms with Gasteiger partial charge in [0, 0.05) is 5.92 Å². The van der Waals surface area contributed by atoms with E-state index in [0.717, 1.165) is 22.6 Å². The summed E-state index contributed by atoms with van der Waals surface area (Å²) in [6, 6.07) is 14.7. The molecule has 240 valence electrons. The number of ether oxygens (including phenoxy) is 1. The minimum atomic E-state index is -2.12. The Kier molecular flexibility index (Phi) is 7.42. The maximum Gasteiger partial charge on any atom is 0.258 e. The third-order valence-electron chi connectivity index (χ3n) is 9.89. The number of alkyl halides is 2. The largest absolute Gasteiger partial charge is 0.503 e. The second kappa shape index (κ2) is 11.0. The molecule has 0 radical (unpaired) electrons. The van der Waals surface area contributed by atoms with Crippen LogP contribution in [0.1, 0.15) is 29.9 Å². The number of benzene rings is 3. The number of rotatable bonds is 5. The summed E-state index contributed by atoms with van der Waals surface area (Å²) in [6.07, 6.45) is 3.43. The lowest BCUT2D eigenvalue weighted by Gasteiger charge is -2.50. The minimum absolute atomic E-state index is 0.0691. The zero-order chi connectivity index (χ0) is 33.6. The summed E-state index contributed by atoms with van der Waals surface area (Å²) >= 11 is 18.2. The van der Waals surface area contributed by atoms with Crippen molar-refractivity contribution >= 4 is 80.2 Å². The summed E-state index contributed by atoms with van der Waals surface area (Å²) in [5.74, 6) is -6.66. The van der Waals surface area contributed by atoms with Gasteiger partial charge in [-0.05, 0) is 94.3 Å². The average molecular weight is 740 g/mol. The number of amides is 4. The van der Waals surface area contributed by atoms with Crippen molar-refractivity contribution in [2.75, 3.05) is 16.9 Å². The number of nitrogens with zero attached hydrogens (tertiary/aromatic N) is 2. The molecule has 2 aliphatic heterocycles. The van der Waals surface area contributed by atoms with E-state index in [0.29, 0.717) is 16.8 Å². The summed E-state index contributed by atoms with van der Waals surface area (Å²) in [4.78, 5) is 54.8. The summed E-state index contributed by atoms with van der Waals surface area (Å²) < 4.78 is 19.5. The summed E-state index contributed by atoms with van der Waals surface area (Å²) in [6.45, 7) is 3.75. The Morgan fingerprint density at radius 2 is 1.60 bits per heavy atom. The first-order chi connectivity index (χ1) is 22.4. The van der Waals surface area contributed by atoms with Gasteiger partial charge in [0.15, 0.2) is 21.2 Å². The minimum Gasteiger partial charge on any atom is -0.503 e. The molecule has 2 heterocycles. The molecule has 12 heteroatoms. The Hall–Kier alpha value is -3.99. The first-order valence-corrected chi connectivity index (χ1v) is 16.3. The van der Waals surface area contributed by atoms with Crippen LogP contribution in [0.3, 0.4) is 0 Å². The number of methoxy groups -OCH3 is 1. The van der Waals surface area contributed by atoms with E-state index >= 15 is 0 Å². The fourth-order valence-corrected chi connectivity index (χ4v) is 9.10. The number of fused-ring (bicyclic) bond motifs is 4. The molecule has 2 aliphatic carbocycles. The lowest BCUT2D eigenvalue weighted by atomic mass is 9.56. The molecule has 0 unspecified atom stereocenters. The van der Waals surface area contributed by atoms with Crippen molar-refractivity contribution in [2.24, 2.45) is 17.8 Å². The number of phenols is 1. The zero-order valence-electron chi connectivity index (χ0n) is 24.8. The van der Waals surface area contributed by atoms with Crippen LogP contribution in [-0.4, -0.2) is 45.6 Å². The van der Waals surface area contributed by atoms with Crippen LogP contribution in [0.25, 0.3) is 6.08 Å². The Balaban J connectivity index is 1.41. The SMILES string of the molecule is C=Cc1ccc(N2C(=O)[C@H]3[C@H](CC=C4[C@H]3C[C@@]3(Cl)C(=O)N(c5ccc(F)cc5)C(=O)[C@@]3(Cl)[C@H]4c3cc(Br)c(O)c(OC)c3)C2=O)cc1. The number of carbonyl (C=O) groups is 4. The Labute approximate surface area is 287 Å². The van der Waals surface area contributed by atoms with Crippen molar-refractivity contribution < 1.29 is 33.4 Å². The van der Waals surface area contributed by atoms with Gasteiger partial charge < -0.3 is 9.84 Å². The number of phenolic OH excluding ortho intramolecular Hbond substituents is 1. The molecule has 3 aromatic rings. The fraction of sp³-hybridized carbons (Fsp3) is 0.257. The molecular weight excluding hydrogens is 714 g/mol. The Bertz CT molecular complexity index is 1940. The number of carbonyl (C=O) groups excluding carboxylic acids is 4. The standard InChI is InChI=1S/C35H26BrCl2FN2O6/c1-3-17-4-8-20(9-5-17)40-30(43)23-13-12-22-24(27(23)31(40)44)16-34(37)32(45)41(21-10-6-19(39)7-11-21)33(46)35(34,38)28(22)18-14-25(36)29(42)26(15-18)47-2/h3-12,14-15,23-24,27-28,42H,1,13,16H2,2H3/t23-,24+,27-,28-,34+,35-/m0/s1. The lowest BCUT2D eigenvalue weighted by Crippen LogP contribution is -2.60. The van der Waals surface area contributed by atoms with Crippen LogP contribution < -0.4 is 14.5 Å².